The van der Waals surface area contributed by atoms with Gasteiger partial charge in [0.05, 0.1) is 18.8 Å². The van der Waals surface area contributed by atoms with Crippen molar-refractivity contribution in [2.75, 3.05) is 37.7 Å². The molecule has 2 fully saturated rings. The minimum Gasteiger partial charge on any atom is -0.444 e. The van der Waals surface area contributed by atoms with Crippen LogP contribution in [0.2, 0.25) is 0 Å². The smallest absolute Gasteiger partial charge is 0.410 e. The Morgan fingerprint density at radius 2 is 1.85 bits per heavy atom. The molecule has 0 radical (unpaired) electrons. The van der Waals surface area contributed by atoms with Crippen LogP contribution < -0.4 is 9.64 Å². The van der Waals surface area contributed by atoms with Gasteiger partial charge in [0.25, 0.3) is 0 Å². The van der Waals surface area contributed by atoms with Gasteiger partial charge in [-0.05, 0) is 65.2 Å². The molecule has 0 N–H and O–H groups in total. The molecule has 33 heavy (non-hydrogen) atoms. The van der Waals surface area contributed by atoms with Gasteiger partial charge in [0, 0.05) is 31.4 Å². The highest BCUT2D eigenvalue weighted by atomic mass is 16.6. The Hall–Kier alpha value is -2.87. The summed E-state index contributed by atoms with van der Waals surface area (Å²) in [5.74, 6) is 1.95. The van der Waals surface area contributed by atoms with E-state index in [1.807, 2.05) is 65.0 Å². The van der Waals surface area contributed by atoms with Crippen molar-refractivity contribution in [2.24, 2.45) is 0 Å². The molecule has 2 saturated heterocycles. The predicted molar refractivity (Wildman–Crippen MR) is 126 cm³/mol. The number of piperidine rings is 1. The first-order valence-electron chi connectivity index (χ1n) is 11.6. The van der Waals surface area contributed by atoms with E-state index in [0.717, 1.165) is 42.9 Å². The first-order valence-corrected chi connectivity index (χ1v) is 11.6. The van der Waals surface area contributed by atoms with Gasteiger partial charge in [0.15, 0.2) is 0 Å². The van der Waals surface area contributed by atoms with E-state index in [2.05, 4.69) is 14.9 Å². The van der Waals surface area contributed by atoms with E-state index < -0.39 is 5.60 Å². The first-order chi connectivity index (χ1) is 15.6. The van der Waals surface area contributed by atoms with Gasteiger partial charge in [-0.3, -0.25) is 0 Å². The number of ether oxygens (including phenoxy) is 3. The van der Waals surface area contributed by atoms with Crippen LogP contribution >= 0.6 is 0 Å². The molecule has 0 bridgehead atoms. The molecule has 8 heteroatoms. The van der Waals surface area contributed by atoms with Gasteiger partial charge in [-0.25, -0.2) is 9.78 Å². The maximum Gasteiger partial charge on any atom is 0.410 e. The SMILES string of the molecule is Cc1cccc(Oc2cc(C)nc(N3CCC4(CC3)CN(C(=O)OC(C)(C)C)CCO4)n2)c1. The number of amides is 1. The van der Waals surface area contributed by atoms with Gasteiger partial charge < -0.3 is 24.0 Å². The first kappa shape index (κ1) is 23.3. The summed E-state index contributed by atoms with van der Waals surface area (Å²) in [6.45, 7) is 12.8. The number of carbonyl (C=O) groups is 1. The minimum absolute atomic E-state index is 0.271. The Balaban J connectivity index is 1.41. The Labute approximate surface area is 195 Å². The minimum atomic E-state index is -0.507. The number of carbonyl (C=O) groups excluding carboxylic acids is 1. The molecule has 0 atom stereocenters. The predicted octanol–water partition coefficient (Wildman–Crippen LogP) is 4.49. The molecule has 1 spiro atoms. The fourth-order valence-electron chi connectivity index (χ4n) is 4.26. The molecule has 1 amide bonds. The third-order valence-electron chi connectivity index (χ3n) is 5.89. The second kappa shape index (κ2) is 9.17. The van der Waals surface area contributed by atoms with Crippen LogP contribution in [0, 0.1) is 13.8 Å². The Bertz CT molecular complexity index is 996. The molecular weight excluding hydrogens is 420 g/mol. The average Bonchev–Trinajstić information content (AvgIpc) is 2.73. The van der Waals surface area contributed by atoms with E-state index in [4.69, 9.17) is 14.2 Å². The van der Waals surface area contributed by atoms with Crippen molar-refractivity contribution in [1.29, 1.82) is 0 Å². The van der Waals surface area contributed by atoms with Gasteiger partial charge in [-0.2, -0.15) is 4.98 Å². The number of aromatic nitrogens is 2. The molecule has 0 saturated carbocycles. The molecule has 2 aliphatic rings. The highest BCUT2D eigenvalue weighted by Gasteiger charge is 2.42. The van der Waals surface area contributed by atoms with Gasteiger partial charge in [-0.15, -0.1) is 0 Å². The number of anilines is 1. The number of aryl methyl sites for hydroxylation is 2. The fraction of sp³-hybridized carbons (Fsp3) is 0.560. The standard InChI is InChI=1S/C25H34N4O4/c1-18-7-6-8-20(15-18)32-21-16-19(2)26-22(27-21)28-11-9-25(10-12-28)17-29(13-14-31-25)23(30)33-24(3,4)5/h6-8,15-16H,9-14,17H2,1-5H3. The molecule has 3 heterocycles. The van der Waals surface area contributed by atoms with Crippen LogP contribution in [0.5, 0.6) is 11.6 Å². The second-order valence-corrected chi connectivity index (χ2v) is 9.99. The van der Waals surface area contributed by atoms with Crippen molar-refractivity contribution < 1.29 is 19.0 Å². The summed E-state index contributed by atoms with van der Waals surface area (Å²) in [5.41, 5.74) is 1.13. The number of rotatable bonds is 3. The van der Waals surface area contributed by atoms with E-state index in [1.54, 1.807) is 4.90 Å². The lowest BCUT2D eigenvalue weighted by Crippen LogP contribution is -2.58. The van der Waals surface area contributed by atoms with Crippen LogP contribution in [-0.2, 0) is 9.47 Å². The van der Waals surface area contributed by atoms with Gasteiger partial charge >= 0.3 is 6.09 Å². The summed E-state index contributed by atoms with van der Waals surface area (Å²) < 4.78 is 17.8. The van der Waals surface area contributed by atoms with Crippen LogP contribution in [0.15, 0.2) is 30.3 Å². The number of morpholine rings is 1. The van der Waals surface area contributed by atoms with Gasteiger partial charge in [-0.1, -0.05) is 12.1 Å². The lowest BCUT2D eigenvalue weighted by atomic mass is 9.89. The third-order valence-corrected chi connectivity index (χ3v) is 5.89. The lowest BCUT2D eigenvalue weighted by Gasteiger charge is -2.47. The molecule has 1 aromatic heterocycles. The summed E-state index contributed by atoms with van der Waals surface area (Å²) in [5, 5.41) is 0. The molecule has 0 aliphatic carbocycles. The van der Waals surface area contributed by atoms with E-state index >= 15 is 0 Å². The number of hydrogen-bond donors (Lipinski definition) is 0. The van der Waals surface area contributed by atoms with Crippen LogP contribution in [0.25, 0.3) is 0 Å². The molecule has 2 aromatic rings. The van der Waals surface area contributed by atoms with E-state index in [1.165, 1.54) is 0 Å². The average molecular weight is 455 g/mol. The highest BCUT2D eigenvalue weighted by Crippen LogP contribution is 2.33. The summed E-state index contributed by atoms with van der Waals surface area (Å²) in [7, 11) is 0. The Kier molecular flexibility index (Phi) is 6.47. The maximum absolute atomic E-state index is 12.6. The normalized spacial score (nSPS) is 18.3. The van der Waals surface area contributed by atoms with E-state index in [0.29, 0.717) is 31.5 Å². The molecule has 178 valence electrons. The van der Waals surface area contributed by atoms with Crippen molar-refractivity contribution >= 4 is 12.0 Å². The van der Waals surface area contributed by atoms with Crippen molar-refractivity contribution in [2.45, 2.75) is 58.7 Å². The van der Waals surface area contributed by atoms with Crippen molar-refractivity contribution in [3.8, 4) is 11.6 Å². The maximum atomic E-state index is 12.6. The van der Waals surface area contributed by atoms with Crippen LogP contribution in [0.1, 0.15) is 44.9 Å². The van der Waals surface area contributed by atoms with E-state index in [9.17, 15) is 4.79 Å². The molecule has 1 aromatic carbocycles. The zero-order chi connectivity index (χ0) is 23.6. The summed E-state index contributed by atoms with van der Waals surface area (Å²) >= 11 is 0. The lowest BCUT2D eigenvalue weighted by molar-refractivity contribution is -0.119. The van der Waals surface area contributed by atoms with Crippen LogP contribution in [-0.4, -0.2) is 64.9 Å². The number of nitrogens with zero attached hydrogens (tertiary/aromatic N) is 4. The largest absolute Gasteiger partial charge is 0.444 e. The van der Waals surface area contributed by atoms with Gasteiger partial charge in [0.2, 0.25) is 11.8 Å². The number of hydrogen-bond acceptors (Lipinski definition) is 7. The Morgan fingerprint density at radius 3 is 2.55 bits per heavy atom. The van der Waals surface area contributed by atoms with E-state index in [-0.39, 0.29) is 11.7 Å². The molecular formula is C25H34N4O4. The number of benzene rings is 1. The zero-order valence-electron chi connectivity index (χ0n) is 20.3. The monoisotopic (exact) mass is 454 g/mol. The van der Waals surface area contributed by atoms with Crippen molar-refractivity contribution in [3.05, 3.63) is 41.6 Å². The molecule has 0 unspecified atom stereocenters. The highest BCUT2D eigenvalue weighted by molar-refractivity contribution is 5.68. The Morgan fingerprint density at radius 1 is 1.09 bits per heavy atom. The van der Waals surface area contributed by atoms with Crippen LogP contribution in [0.3, 0.4) is 0 Å². The molecule has 2 aliphatic heterocycles. The molecule has 4 rings (SSSR count). The summed E-state index contributed by atoms with van der Waals surface area (Å²) in [4.78, 5) is 25.8. The second-order valence-electron chi connectivity index (χ2n) is 9.99. The zero-order valence-corrected chi connectivity index (χ0v) is 20.3. The molecule has 8 nitrogen and oxygen atoms in total. The van der Waals surface area contributed by atoms with Crippen molar-refractivity contribution in [1.82, 2.24) is 14.9 Å². The van der Waals surface area contributed by atoms with Gasteiger partial charge in [0.1, 0.15) is 11.4 Å². The quantitative estimate of drug-likeness (QED) is 0.676. The summed E-state index contributed by atoms with van der Waals surface area (Å²) in [6.07, 6.45) is 1.31. The third kappa shape index (κ3) is 5.93. The summed E-state index contributed by atoms with van der Waals surface area (Å²) in [6, 6.07) is 9.75. The van der Waals surface area contributed by atoms with Crippen LogP contribution in [0.4, 0.5) is 10.7 Å². The fourth-order valence-corrected chi connectivity index (χ4v) is 4.26. The van der Waals surface area contributed by atoms with Crippen molar-refractivity contribution in [3.63, 3.8) is 0 Å². The topological polar surface area (TPSA) is 77.0 Å².